The molecule has 2 N–H and O–H groups in total. The van der Waals surface area contributed by atoms with Crippen LogP contribution in [0.2, 0.25) is 0 Å². The molecule has 0 saturated heterocycles. The van der Waals surface area contributed by atoms with Gasteiger partial charge in [-0.2, -0.15) is 0 Å². The Hall–Kier alpha value is -1.39. The first-order valence-corrected chi connectivity index (χ1v) is 6.29. The second-order valence-electron chi connectivity index (χ2n) is 4.20. The first-order valence-electron chi connectivity index (χ1n) is 6.29. The van der Waals surface area contributed by atoms with Crippen LogP contribution >= 0.6 is 0 Å². The molecule has 1 atom stereocenters. The lowest BCUT2D eigenvalue weighted by Crippen LogP contribution is -2.18. The van der Waals surface area contributed by atoms with Gasteiger partial charge in [-0.1, -0.05) is 19.1 Å². The number of carbonyl (C=O) groups is 1. The Morgan fingerprint density at radius 2 is 2.22 bits per heavy atom. The van der Waals surface area contributed by atoms with E-state index in [0.717, 1.165) is 12.2 Å². The lowest BCUT2D eigenvalue weighted by molar-refractivity contribution is -0.117. The first-order chi connectivity index (χ1) is 8.67. The summed E-state index contributed by atoms with van der Waals surface area (Å²) in [7, 11) is 1.59. The summed E-state index contributed by atoms with van der Waals surface area (Å²) < 4.78 is 4.87. The maximum absolute atomic E-state index is 11.6. The van der Waals surface area contributed by atoms with Crippen LogP contribution < -0.4 is 10.6 Å². The molecule has 18 heavy (non-hydrogen) atoms. The molecule has 0 aliphatic rings. The maximum atomic E-state index is 11.6. The lowest BCUT2D eigenvalue weighted by Gasteiger charge is -2.14. The average molecular weight is 250 g/mol. The van der Waals surface area contributed by atoms with Crippen molar-refractivity contribution in [3.05, 3.63) is 29.8 Å². The van der Waals surface area contributed by atoms with Gasteiger partial charge in [0.15, 0.2) is 0 Å². The fourth-order valence-corrected chi connectivity index (χ4v) is 1.73. The number of methoxy groups -OCH3 is 1. The summed E-state index contributed by atoms with van der Waals surface area (Å²) in [6.45, 7) is 5.55. The lowest BCUT2D eigenvalue weighted by atomic mass is 10.1. The van der Waals surface area contributed by atoms with Crippen molar-refractivity contribution in [2.24, 2.45) is 0 Å². The van der Waals surface area contributed by atoms with Crippen LogP contribution in [0.3, 0.4) is 0 Å². The predicted molar refractivity (Wildman–Crippen MR) is 73.7 cm³/mol. The number of nitrogens with one attached hydrogen (secondary N) is 2. The molecular formula is C14H22N2O2. The Bertz CT molecular complexity index is 380. The molecule has 0 bridgehead atoms. The number of amides is 1. The van der Waals surface area contributed by atoms with Crippen molar-refractivity contribution in [2.45, 2.75) is 26.3 Å². The van der Waals surface area contributed by atoms with Gasteiger partial charge in [0.1, 0.15) is 0 Å². The highest BCUT2D eigenvalue weighted by atomic mass is 16.5. The molecule has 100 valence electrons. The van der Waals surface area contributed by atoms with E-state index in [1.165, 1.54) is 5.56 Å². The zero-order valence-electron chi connectivity index (χ0n) is 11.3. The number of hydrogen-bond donors (Lipinski definition) is 2. The number of rotatable bonds is 7. The second kappa shape index (κ2) is 7.84. The van der Waals surface area contributed by atoms with Gasteiger partial charge in [-0.25, -0.2) is 0 Å². The summed E-state index contributed by atoms with van der Waals surface area (Å²) in [5.74, 6) is -0.0231. The standard InChI is InChI=1S/C14H22N2O2/c1-4-15-11(2)12-6-5-7-13(10-12)16-14(17)8-9-18-3/h5-7,10-11,15H,4,8-9H2,1-3H3,(H,16,17). The summed E-state index contributed by atoms with van der Waals surface area (Å²) in [5, 5.41) is 6.21. The van der Waals surface area contributed by atoms with Gasteiger partial charge in [0.05, 0.1) is 13.0 Å². The van der Waals surface area contributed by atoms with Gasteiger partial charge in [0, 0.05) is 18.8 Å². The van der Waals surface area contributed by atoms with Crippen molar-refractivity contribution < 1.29 is 9.53 Å². The van der Waals surface area contributed by atoms with Crippen molar-refractivity contribution >= 4 is 11.6 Å². The van der Waals surface area contributed by atoms with E-state index in [0.29, 0.717) is 13.0 Å². The third-order valence-electron chi connectivity index (χ3n) is 2.71. The van der Waals surface area contributed by atoms with E-state index in [4.69, 9.17) is 4.74 Å². The molecule has 0 spiro atoms. The van der Waals surface area contributed by atoms with E-state index in [2.05, 4.69) is 30.5 Å². The normalized spacial score (nSPS) is 12.2. The highest BCUT2D eigenvalue weighted by Gasteiger charge is 2.06. The molecule has 0 aliphatic heterocycles. The molecule has 1 amide bonds. The van der Waals surface area contributed by atoms with Gasteiger partial charge in [0.2, 0.25) is 5.91 Å². The van der Waals surface area contributed by atoms with Crippen molar-refractivity contribution in [1.82, 2.24) is 5.32 Å². The monoisotopic (exact) mass is 250 g/mol. The van der Waals surface area contributed by atoms with E-state index >= 15 is 0 Å². The molecule has 1 aromatic carbocycles. The molecule has 1 rings (SSSR count). The Kier molecular flexibility index (Phi) is 6.39. The van der Waals surface area contributed by atoms with Crippen LogP contribution in [0.15, 0.2) is 24.3 Å². The molecule has 0 saturated carbocycles. The van der Waals surface area contributed by atoms with Gasteiger partial charge >= 0.3 is 0 Å². The van der Waals surface area contributed by atoms with E-state index in [9.17, 15) is 4.79 Å². The van der Waals surface area contributed by atoms with Crippen LogP contribution in [-0.2, 0) is 9.53 Å². The van der Waals surface area contributed by atoms with Crippen LogP contribution in [-0.4, -0.2) is 26.2 Å². The highest BCUT2D eigenvalue weighted by molar-refractivity contribution is 5.90. The molecule has 4 nitrogen and oxygen atoms in total. The number of hydrogen-bond acceptors (Lipinski definition) is 3. The molecule has 0 aromatic heterocycles. The van der Waals surface area contributed by atoms with Gasteiger partial charge in [-0.3, -0.25) is 4.79 Å². The average Bonchev–Trinajstić information content (AvgIpc) is 2.37. The fraction of sp³-hybridized carbons (Fsp3) is 0.500. The van der Waals surface area contributed by atoms with Crippen LogP contribution in [0.1, 0.15) is 31.9 Å². The minimum Gasteiger partial charge on any atom is -0.384 e. The van der Waals surface area contributed by atoms with Crippen LogP contribution in [0.4, 0.5) is 5.69 Å². The van der Waals surface area contributed by atoms with Crippen molar-refractivity contribution in [1.29, 1.82) is 0 Å². The largest absolute Gasteiger partial charge is 0.384 e. The Morgan fingerprint density at radius 3 is 2.89 bits per heavy atom. The molecule has 0 fully saturated rings. The third kappa shape index (κ3) is 4.85. The molecule has 1 aromatic rings. The highest BCUT2D eigenvalue weighted by Crippen LogP contribution is 2.17. The summed E-state index contributed by atoms with van der Waals surface area (Å²) in [5.41, 5.74) is 2.00. The maximum Gasteiger partial charge on any atom is 0.226 e. The van der Waals surface area contributed by atoms with Crippen LogP contribution in [0.5, 0.6) is 0 Å². The Balaban J connectivity index is 2.61. The van der Waals surface area contributed by atoms with Gasteiger partial charge in [-0.15, -0.1) is 0 Å². The molecular weight excluding hydrogens is 228 g/mol. The second-order valence-corrected chi connectivity index (χ2v) is 4.20. The molecule has 4 heteroatoms. The number of carbonyl (C=O) groups excluding carboxylic acids is 1. The van der Waals surface area contributed by atoms with Crippen LogP contribution in [0.25, 0.3) is 0 Å². The van der Waals surface area contributed by atoms with E-state index in [-0.39, 0.29) is 11.9 Å². The minimum atomic E-state index is -0.0231. The summed E-state index contributed by atoms with van der Waals surface area (Å²) in [4.78, 5) is 11.6. The summed E-state index contributed by atoms with van der Waals surface area (Å²) >= 11 is 0. The Morgan fingerprint density at radius 1 is 1.44 bits per heavy atom. The van der Waals surface area contributed by atoms with E-state index in [1.807, 2.05) is 18.2 Å². The predicted octanol–water partition coefficient (Wildman–Crippen LogP) is 2.33. The van der Waals surface area contributed by atoms with E-state index in [1.54, 1.807) is 7.11 Å². The topological polar surface area (TPSA) is 50.4 Å². The molecule has 0 aliphatic carbocycles. The molecule has 1 unspecified atom stereocenters. The van der Waals surface area contributed by atoms with Crippen LogP contribution in [0, 0.1) is 0 Å². The Labute approximate surface area is 109 Å². The number of ether oxygens (including phenoxy) is 1. The molecule has 0 radical (unpaired) electrons. The zero-order chi connectivity index (χ0) is 13.4. The van der Waals surface area contributed by atoms with Crippen molar-refractivity contribution in [3.8, 4) is 0 Å². The smallest absolute Gasteiger partial charge is 0.226 e. The quantitative estimate of drug-likeness (QED) is 0.781. The van der Waals surface area contributed by atoms with Gasteiger partial charge in [-0.05, 0) is 31.2 Å². The van der Waals surface area contributed by atoms with Crippen molar-refractivity contribution in [3.63, 3.8) is 0 Å². The van der Waals surface area contributed by atoms with E-state index < -0.39 is 0 Å². The minimum absolute atomic E-state index is 0.0231. The first kappa shape index (κ1) is 14.7. The third-order valence-corrected chi connectivity index (χ3v) is 2.71. The SMILES string of the molecule is CCNC(C)c1cccc(NC(=O)CCOC)c1. The summed E-state index contributed by atoms with van der Waals surface area (Å²) in [6.07, 6.45) is 0.378. The fourth-order valence-electron chi connectivity index (χ4n) is 1.73. The van der Waals surface area contributed by atoms with Gasteiger partial charge in [0.25, 0.3) is 0 Å². The zero-order valence-corrected chi connectivity index (χ0v) is 11.3. The number of anilines is 1. The number of benzene rings is 1. The van der Waals surface area contributed by atoms with Gasteiger partial charge < -0.3 is 15.4 Å². The van der Waals surface area contributed by atoms with Crippen molar-refractivity contribution in [2.75, 3.05) is 25.6 Å². The summed E-state index contributed by atoms with van der Waals surface area (Å²) in [6, 6.07) is 8.18. The molecule has 0 heterocycles.